The maximum absolute atomic E-state index is 12.7. The maximum atomic E-state index is 12.7. The Balaban J connectivity index is 1.77. The molecule has 0 aliphatic carbocycles. The largest absolute Gasteiger partial charge is 0.356 e. The van der Waals surface area contributed by atoms with Crippen LogP contribution in [0.2, 0.25) is 0 Å². The van der Waals surface area contributed by atoms with Gasteiger partial charge in [-0.15, -0.1) is 0 Å². The van der Waals surface area contributed by atoms with E-state index >= 15 is 0 Å². The molecule has 0 radical (unpaired) electrons. The van der Waals surface area contributed by atoms with Crippen LogP contribution in [-0.4, -0.2) is 52.4 Å². The number of rotatable bonds is 3. The van der Waals surface area contributed by atoms with Gasteiger partial charge in [0.15, 0.2) is 0 Å². The Hall–Kier alpha value is -0.810. The highest BCUT2D eigenvalue weighted by molar-refractivity contribution is 9.10. The van der Waals surface area contributed by atoms with E-state index < -0.39 is 0 Å². The Bertz CT molecular complexity index is 487. The zero-order valence-corrected chi connectivity index (χ0v) is 13.5. The van der Waals surface area contributed by atoms with Crippen LogP contribution in [0.15, 0.2) is 16.7 Å². The van der Waals surface area contributed by atoms with E-state index in [-0.39, 0.29) is 5.91 Å². The van der Waals surface area contributed by atoms with Crippen molar-refractivity contribution < 1.29 is 4.79 Å². The highest BCUT2D eigenvalue weighted by atomic mass is 79.9. The lowest BCUT2D eigenvalue weighted by molar-refractivity contribution is 0.0645. The van der Waals surface area contributed by atoms with Gasteiger partial charge in [0, 0.05) is 29.3 Å². The lowest BCUT2D eigenvalue weighted by atomic mass is 10.0. The van der Waals surface area contributed by atoms with E-state index in [4.69, 9.17) is 0 Å². The molecule has 2 aliphatic rings. The van der Waals surface area contributed by atoms with Crippen molar-refractivity contribution in [1.82, 2.24) is 14.8 Å². The second-order valence-electron chi connectivity index (χ2n) is 5.78. The zero-order chi connectivity index (χ0) is 14.1. The third-order valence-corrected chi connectivity index (χ3v) is 5.16. The third-order valence-electron chi connectivity index (χ3n) is 4.70. The molecule has 2 aliphatic heterocycles. The molecule has 2 atom stereocenters. The van der Waals surface area contributed by atoms with Gasteiger partial charge < -0.3 is 9.88 Å². The number of aromatic nitrogens is 1. The molecule has 0 spiro atoms. The normalized spacial score (nSPS) is 27.4. The van der Waals surface area contributed by atoms with Gasteiger partial charge in [0.1, 0.15) is 5.69 Å². The fourth-order valence-electron chi connectivity index (χ4n) is 3.77. The first-order valence-corrected chi connectivity index (χ1v) is 8.39. The summed E-state index contributed by atoms with van der Waals surface area (Å²) in [6.45, 7) is 5.40. The minimum absolute atomic E-state index is 0.154. The minimum Gasteiger partial charge on any atom is -0.356 e. The van der Waals surface area contributed by atoms with E-state index in [2.05, 4.69) is 37.6 Å². The second kappa shape index (κ2) is 5.90. The monoisotopic (exact) mass is 339 g/mol. The van der Waals surface area contributed by atoms with Crippen LogP contribution in [-0.2, 0) is 0 Å². The van der Waals surface area contributed by atoms with Gasteiger partial charge in [0.25, 0.3) is 5.91 Å². The average molecular weight is 340 g/mol. The molecule has 110 valence electrons. The molecule has 0 unspecified atom stereocenters. The number of amides is 1. The fourth-order valence-corrected chi connectivity index (χ4v) is 4.11. The number of nitrogens with one attached hydrogen (secondary N) is 1. The van der Waals surface area contributed by atoms with E-state index in [0.29, 0.717) is 17.8 Å². The Morgan fingerprint density at radius 1 is 1.35 bits per heavy atom. The molecule has 0 bridgehead atoms. The predicted octanol–water partition coefficient (Wildman–Crippen LogP) is 2.87. The van der Waals surface area contributed by atoms with Crippen molar-refractivity contribution >= 4 is 21.8 Å². The highest BCUT2D eigenvalue weighted by Crippen LogP contribution is 2.30. The molecule has 1 amide bonds. The molecule has 3 rings (SSSR count). The van der Waals surface area contributed by atoms with Gasteiger partial charge in [-0.3, -0.25) is 9.69 Å². The molecule has 2 saturated heterocycles. The maximum Gasteiger partial charge on any atom is 0.270 e. The molecular weight excluding hydrogens is 318 g/mol. The first-order valence-electron chi connectivity index (χ1n) is 7.59. The van der Waals surface area contributed by atoms with E-state index in [1.54, 1.807) is 0 Å². The molecule has 20 heavy (non-hydrogen) atoms. The van der Waals surface area contributed by atoms with Gasteiger partial charge in [-0.2, -0.15) is 0 Å². The summed E-state index contributed by atoms with van der Waals surface area (Å²) in [4.78, 5) is 20.4. The standard InChI is InChI=1S/C15H22BrN3O/c1-2-18-7-3-5-13(18)14-6-4-8-19(14)15(20)12-9-11(16)10-17-12/h9-10,13-14,17H,2-8H2,1H3/t13-,14-/m0/s1. The number of nitrogens with zero attached hydrogens (tertiary/aromatic N) is 2. The lowest BCUT2D eigenvalue weighted by Gasteiger charge is -2.34. The molecule has 2 fully saturated rings. The molecule has 1 aromatic heterocycles. The van der Waals surface area contributed by atoms with Crippen LogP contribution in [0.4, 0.5) is 0 Å². The number of likely N-dealkylation sites (tertiary alicyclic amines) is 2. The lowest BCUT2D eigenvalue weighted by Crippen LogP contribution is -2.48. The van der Waals surface area contributed by atoms with Crippen LogP contribution in [0.3, 0.4) is 0 Å². The topological polar surface area (TPSA) is 39.3 Å². The molecule has 0 aromatic carbocycles. The van der Waals surface area contributed by atoms with Crippen molar-refractivity contribution in [1.29, 1.82) is 0 Å². The number of halogens is 1. The summed E-state index contributed by atoms with van der Waals surface area (Å²) in [5, 5.41) is 0. The number of likely N-dealkylation sites (N-methyl/N-ethyl adjacent to an activating group) is 1. The van der Waals surface area contributed by atoms with Crippen molar-refractivity contribution in [3.05, 3.63) is 22.4 Å². The summed E-state index contributed by atoms with van der Waals surface area (Å²) in [5.41, 5.74) is 0.699. The first-order chi connectivity index (χ1) is 9.70. The summed E-state index contributed by atoms with van der Waals surface area (Å²) in [6.07, 6.45) is 6.61. The van der Waals surface area contributed by atoms with Crippen LogP contribution in [0.25, 0.3) is 0 Å². The van der Waals surface area contributed by atoms with E-state index in [1.807, 2.05) is 12.3 Å². The molecule has 4 nitrogen and oxygen atoms in total. The molecule has 1 aromatic rings. The van der Waals surface area contributed by atoms with Crippen molar-refractivity contribution in [2.45, 2.75) is 44.7 Å². The van der Waals surface area contributed by atoms with Gasteiger partial charge in [-0.05, 0) is 60.8 Å². The van der Waals surface area contributed by atoms with Crippen molar-refractivity contribution in [2.24, 2.45) is 0 Å². The number of H-pyrrole nitrogens is 1. The highest BCUT2D eigenvalue weighted by Gasteiger charge is 2.39. The van der Waals surface area contributed by atoms with Crippen molar-refractivity contribution in [3.8, 4) is 0 Å². The Morgan fingerprint density at radius 3 is 2.80 bits per heavy atom. The molecule has 3 heterocycles. The molecule has 1 N–H and O–H groups in total. The summed E-state index contributed by atoms with van der Waals surface area (Å²) in [7, 11) is 0. The van der Waals surface area contributed by atoms with Gasteiger partial charge in [0.2, 0.25) is 0 Å². The van der Waals surface area contributed by atoms with Crippen molar-refractivity contribution in [3.63, 3.8) is 0 Å². The second-order valence-corrected chi connectivity index (χ2v) is 6.69. The zero-order valence-electron chi connectivity index (χ0n) is 11.9. The SMILES string of the molecule is CCN1CCC[C@H]1[C@@H]1CCCN1C(=O)c1cc(Br)c[nH]1. The average Bonchev–Trinajstić information content (AvgIpc) is 3.16. The Labute approximate surface area is 128 Å². The number of carbonyl (C=O) groups is 1. The Morgan fingerprint density at radius 2 is 2.10 bits per heavy atom. The van der Waals surface area contributed by atoms with Gasteiger partial charge in [-0.1, -0.05) is 6.92 Å². The van der Waals surface area contributed by atoms with Crippen LogP contribution < -0.4 is 0 Å². The van der Waals surface area contributed by atoms with Gasteiger partial charge >= 0.3 is 0 Å². The summed E-state index contributed by atoms with van der Waals surface area (Å²) in [6, 6.07) is 2.83. The van der Waals surface area contributed by atoms with E-state index in [1.165, 1.54) is 19.4 Å². The minimum atomic E-state index is 0.154. The van der Waals surface area contributed by atoms with Gasteiger partial charge in [-0.25, -0.2) is 0 Å². The number of aromatic amines is 1. The van der Waals surface area contributed by atoms with Gasteiger partial charge in [0.05, 0.1) is 0 Å². The smallest absolute Gasteiger partial charge is 0.270 e. The summed E-state index contributed by atoms with van der Waals surface area (Å²) >= 11 is 3.40. The molecular formula is C15H22BrN3O. The van der Waals surface area contributed by atoms with Crippen LogP contribution >= 0.6 is 15.9 Å². The summed E-state index contributed by atoms with van der Waals surface area (Å²) in [5.74, 6) is 0.154. The van der Waals surface area contributed by atoms with E-state index in [0.717, 1.165) is 30.4 Å². The quantitative estimate of drug-likeness (QED) is 0.919. The third kappa shape index (κ3) is 2.53. The van der Waals surface area contributed by atoms with Crippen LogP contribution in [0.5, 0.6) is 0 Å². The summed E-state index contributed by atoms with van der Waals surface area (Å²) < 4.78 is 0.938. The van der Waals surface area contributed by atoms with Crippen LogP contribution in [0, 0.1) is 0 Å². The number of hydrogen-bond donors (Lipinski definition) is 1. The fraction of sp³-hybridized carbons (Fsp3) is 0.667. The Kier molecular flexibility index (Phi) is 4.17. The molecule has 5 heteroatoms. The van der Waals surface area contributed by atoms with E-state index in [9.17, 15) is 4.79 Å². The number of carbonyl (C=O) groups excluding carboxylic acids is 1. The predicted molar refractivity (Wildman–Crippen MR) is 82.8 cm³/mol. The molecule has 0 saturated carbocycles. The van der Waals surface area contributed by atoms with Crippen LogP contribution in [0.1, 0.15) is 43.1 Å². The van der Waals surface area contributed by atoms with Crippen molar-refractivity contribution in [2.75, 3.05) is 19.6 Å². The first kappa shape index (κ1) is 14.1. The number of hydrogen-bond acceptors (Lipinski definition) is 2.